The molecule has 26 heavy (non-hydrogen) atoms. The maximum atomic E-state index is 12.4. The maximum absolute atomic E-state index is 12.4. The second-order valence-electron chi connectivity index (χ2n) is 6.37. The van der Waals surface area contributed by atoms with Crippen LogP contribution in [0.4, 0.5) is 0 Å². The molecule has 0 radical (unpaired) electrons. The normalized spacial score (nSPS) is 17.8. The summed E-state index contributed by atoms with van der Waals surface area (Å²) in [6, 6.07) is 7.27. The van der Waals surface area contributed by atoms with Crippen LogP contribution in [-0.2, 0) is 20.9 Å². The Morgan fingerprint density at radius 2 is 2.27 bits per heavy atom. The molecule has 2 N–H and O–H groups in total. The van der Waals surface area contributed by atoms with Crippen LogP contribution >= 0.6 is 0 Å². The van der Waals surface area contributed by atoms with Crippen molar-refractivity contribution >= 4 is 22.8 Å². The van der Waals surface area contributed by atoms with Crippen molar-refractivity contribution in [1.29, 1.82) is 0 Å². The molecule has 1 aliphatic heterocycles. The fourth-order valence-corrected chi connectivity index (χ4v) is 3.13. The molecule has 1 aromatic heterocycles. The van der Waals surface area contributed by atoms with E-state index >= 15 is 0 Å². The van der Waals surface area contributed by atoms with Gasteiger partial charge >= 0.3 is 0 Å². The van der Waals surface area contributed by atoms with Gasteiger partial charge in [-0.1, -0.05) is 18.2 Å². The maximum Gasteiger partial charge on any atom is 0.249 e. The van der Waals surface area contributed by atoms with Crippen molar-refractivity contribution in [2.24, 2.45) is 0 Å². The molecule has 7 heteroatoms. The van der Waals surface area contributed by atoms with Crippen molar-refractivity contribution < 1.29 is 14.3 Å². The molecule has 3 rings (SSSR count). The van der Waals surface area contributed by atoms with E-state index in [1.807, 2.05) is 35.8 Å². The third-order valence-electron chi connectivity index (χ3n) is 4.40. The molecular weight excluding hydrogens is 332 g/mol. The zero-order chi connectivity index (χ0) is 18.5. The molecule has 1 saturated heterocycles. The Balaban J connectivity index is 1.83. The quantitative estimate of drug-likeness (QED) is 0.740. The number of amides is 2. The van der Waals surface area contributed by atoms with E-state index in [0.717, 1.165) is 23.9 Å². The van der Waals surface area contributed by atoms with Gasteiger partial charge in [0.1, 0.15) is 18.5 Å². The second-order valence-corrected chi connectivity index (χ2v) is 6.37. The fourth-order valence-electron chi connectivity index (χ4n) is 3.13. The molecule has 0 saturated carbocycles. The summed E-state index contributed by atoms with van der Waals surface area (Å²) in [5.74, 6) is 0.378. The van der Waals surface area contributed by atoms with Gasteiger partial charge in [0.05, 0.1) is 17.1 Å². The van der Waals surface area contributed by atoms with Crippen LogP contribution < -0.4 is 10.6 Å². The Morgan fingerprint density at radius 3 is 3.00 bits per heavy atom. The first-order valence-corrected chi connectivity index (χ1v) is 8.85. The lowest BCUT2D eigenvalue weighted by molar-refractivity contribution is -0.130. The molecule has 138 valence electrons. The predicted molar refractivity (Wildman–Crippen MR) is 98.5 cm³/mol. The van der Waals surface area contributed by atoms with Gasteiger partial charge in [0.25, 0.3) is 0 Å². The molecule has 2 aromatic rings. The van der Waals surface area contributed by atoms with Gasteiger partial charge in [-0.25, -0.2) is 4.98 Å². The highest BCUT2D eigenvalue weighted by Gasteiger charge is 2.27. The van der Waals surface area contributed by atoms with Crippen LogP contribution in [0.25, 0.3) is 11.0 Å². The number of fused-ring (bicyclic) bond motifs is 1. The number of rotatable bonds is 7. The number of nitrogens with zero attached hydrogens (tertiary/aromatic N) is 2. The van der Waals surface area contributed by atoms with Gasteiger partial charge in [-0.15, -0.1) is 6.58 Å². The molecule has 0 aliphatic carbocycles. The van der Waals surface area contributed by atoms with Gasteiger partial charge < -0.3 is 19.9 Å². The topological polar surface area (TPSA) is 85.2 Å². The van der Waals surface area contributed by atoms with Crippen molar-refractivity contribution in [3.63, 3.8) is 0 Å². The number of benzene rings is 1. The highest BCUT2D eigenvalue weighted by Crippen LogP contribution is 2.21. The van der Waals surface area contributed by atoms with E-state index in [-0.39, 0.29) is 24.4 Å². The minimum Gasteiger partial charge on any atom is -0.368 e. The molecular formula is C19H24N4O3. The van der Waals surface area contributed by atoms with Crippen LogP contribution in [-0.4, -0.2) is 40.6 Å². The number of carbonyl (C=O) groups excluding carboxylic acids is 2. The van der Waals surface area contributed by atoms with Crippen molar-refractivity contribution in [1.82, 2.24) is 20.2 Å². The van der Waals surface area contributed by atoms with E-state index in [0.29, 0.717) is 19.0 Å². The minimum absolute atomic E-state index is 0.129. The van der Waals surface area contributed by atoms with Gasteiger partial charge in [0, 0.05) is 13.2 Å². The smallest absolute Gasteiger partial charge is 0.249 e. The lowest BCUT2D eigenvalue weighted by Gasteiger charge is -2.18. The SMILES string of the molecule is C=CCNC(=O)Cn1c(C(C)NC(=O)C2CCCO2)nc2ccccc21. The number of hydrogen-bond acceptors (Lipinski definition) is 4. The molecule has 2 unspecified atom stereocenters. The number of hydrogen-bond donors (Lipinski definition) is 2. The third kappa shape index (κ3) is 3.94. The van der Waals surface area contributed by atoms with Crippen LogP contribution in [0.3, 0.4) is 0 Å². The number of carbonyl (C=O) groups is 2. The minimum atomic E-state index is -0.397. The molecule has 2 amide bonds. The molecule has 7 nitrogen and oxygen atoms in total. The average Bonchev–Trinajstić information content (AvgIpc) is 3.28. The largest absolute Gasteiger partial charge is 0.368 e. The molecule has 1 fully saturated rings. The highest BCUT2D eigenvalue weighted by atomic mass is 16.5. The van der Waals surface area contributed by atoms with E-state index in [9.17, 15) is 9.59 Å². The Labute approximate surface area is 152 Å². The summed E-state index contributed by atoms with van der Waals surface area (Å²) in [5.41, 5.74) is 1.65. The molecule has 0 spiro atoms. The van der Waals surface area contributed by atoms with Crippen molar-refractivity contribution in [3.05, 3.63) is 42.7 Å². The van der Waals surface area contributed by atoms with E-state index in [4.69, 9.17) is 4.74 Å². The van der Waals surface area contributed by atoms with Gasteiger partial charge in [-0.05, 0) is 31.9 Å². The molecule has 2 heterocycles. The third-order valence-corrected chi connectivity index (χ3v) is 4.40. The lowest BCUT2D eigenvalue weighted by Crippen LogP contribution is -2.37. The first kappa shape index (κ1) is 18.1. The highest BCUT2D eigenvalue weighted by molar-refractivity contribution is 5.83. The van der Waals surface area contributed by atoms with Crippen LogP contribution in [0, 0.1) is 0 Å². The number of para-hydroxylation sites is 2. The summed E-state index contributed by atoms with van der Waals surface area (Å²) in [4.78, 5) is 29.2. The molecule has 0 bridgehead atoms. The van der Waals surface area contributed by atoms with Crippen LogP contribution in [0.1, 0.15) is 31.6 Å². The number of ether oxygens (including phenoxy) is 1. The molecule has 2 atom stereocenters. The van der Waals surface area contributed by atoms with Gasteiger partial charge in [0.15, 0.2) is 0 Å². The lowest BCUT2D eigenvalue weighted by atomic mass is 10.2. The summed E-state index contributed by atoms with van der Waals surface area (Å²) in [6.45, 7) is 6.63. The Bertz CT molecular complexity index is 808. The van der Waals surface area contributed by atoms with E-state index < -0.39 is 6.10 Å². The summed E-state index contributed by atoms with van der Waals surface area (Å²) >= 11 is 0. The van der Waals surface area contributed by atoms with Crippen molar-refractivity contribution in [3.8, 4) is 0 Å². The fraction of sp³-hybridized carbons (Fsp3) is 0.421. The molecule has 1 aromatic carbocycles. The Morgan fingerprint density at radius 1 is 1.46 bits per heavy atom. The number of imidazole rings is 1. The zero-order valence-corrected chi connectivity index (χ0v) is 14.9. The average molecular weight is 356 g/mol. The van der Waals surface area contributed by atoms with Crippen molar-refractivity contribution in [2.45, 2.75) is 38.5 Å². The van der Waals surface area contributed by atoms with Gasteiger partial charge in [0.2, 0.25) is 11.8 Å². The summed E-state index contributed by atoms with van der Waals surface area (Å²) in [6.07, 6.45) is 2.87. The predicted octanol–water partition coefficient (Wildman–Crippen LogP) is 1.69. The van der Waals surface area contributed by atoms with E-state index in [1.165, 1.54) is 0 Å². The number of aromatic nitrogens is 2. The van der Waals surface area contributed by atoms with Gasteiger partial charge in [-0.2, -0.15) is 0 Å². The first-order chi connectivity index (χ1) is 12.6. The van der Waals surface area contributed by atoms with Gasteiger partial charge in [-0.3, -0.25) is 9.59 Å². The van der Waals surface area contributed by atoms with E-state index in [2.05, 4.69) is 22.2 Å². The van der Waals surface area contributed by atoms with Crippen LogP contribution in [0.15, 0.2) is 36.9 Å². The van der Waals surface area contributed by atoms with E-state index in [1.54, 1.807) is 6.08 Å². The molecule has 1 aliphatic rings. The van der Waals surface area contributed by atoms with Crippen LogP contribution in [0.5, 0.6) is 0 Å². The standard InChI is InChI=1S/C19H24N4O3/c1-3-10-20-17(24)12-23-15-8-5-4-7-14(15)22-18(23)13(2)21-19(25)16-9-6-11-26-16/h3-5,7-8,13,16H,1,6,9-12H2,2H3,(H,20,24)(H,21,25). The zero-order valence-electron chi connectivity index (χ0n) is 14.9. The second kappa shape index (κ2) is 8.14. The summed E-state index contributed by atoms with van der Waals surface area (Å²) in [5, 5.41) is 5.73. The Hall–Kier alpha value is -2.67. The van der Waals surface area contributed by atoms with Crippen LogP contribution in [0.2, 0.25) is 0 Å². The summed E-state index contributed by atoms with van der Waals surface area (Å²) < 4.78 is 7.28. The van der Waals surface area contributed by atoms with Crippen molar-refractivity contribution in [2.75, 3.05) is 13.2 Å². The monoisotopic (exact) mass is 356 g/mol. The first-order valence-electron chi connectivity index (χ1n) is 8.85. The Kier molecular flexibility index (Phi) is 5.68. The summed E-state index contributed by atoms with van der Waals surface area (Å²) in [7, 11) is 0. The number of nitrogens with one attached hydrogen (secondary N) is 2.